The summed E-state index contributed by atoms with van der Waals surface area (Å²) in [4.78, 5) is 15.3. The van der Waals surface area contributed by atoms with E-state index < -0.39 is 0 Å². The fraction of sp³-hybridized carbons (Fsp3) is 0.192. The number of benzene rings is 3. The zero-order valence-electron chi connectivity index (χ0n) is 18.1. The molecule has 174 valence electrons. The van der Waals surface area contributed by atoms with Crippen LogP contribution in [0.3, 0.4) is 0 Å². The highest BCUT2D eigenvalue weighted by atomic mass is 35.5. The van der Waals surface area contributed by atoms with E-state index in [4.69, 9.17) is 55.9 Å². The maximum Gasteiger partial charge on any atom is 0.231 e. The van der Waals surface area contributed by atoms with Gasteiger partial charge in [-0.2, -0.15) is 0 Å². The molecule has 2 aliphatic rings. The van der Waals surface area contributed by atoms with Crippen LogP contribution in [0.15, 0.2) is 48.2 Å². The van der Waals surface area contributed by atoms with Gasteiger partial charge in [-0.1, -0.05) is 58.5 Å². The van der Waals surface area contributed by atoms with E-state index in [1.807, 2.05) is 25.1 Å². The average molecular weight is 535 g/mol. The summed E-state index contributed by atoms with van der Waals surface area (Å²) in [6, 6.07) is 12.6. The highest BCUT2D eigenvalue weighted by Gasteiger charge is 2.33. The van der Waals surface area contributed by atoms with Crippen LogP contribution in [-0.2, 0) is 13.0 Å². The number of allylic oxidation sites excluding steroid dienone is 1. The number of ketones is 1. The number of hydrogen-bond donors (Lipinski definition) is 0. The van der Waals surface area contributed by atoms with E-state index in [1.165, 1.54) is 0 Å². The first kappa shape index (κ1) is 23.5. The zero-order chi connectivity index (χ0) is 24.0. The Hall–Kier alpha value is -2.21. The summed E-state index contributed by atoms with van der Waals surface area (Å²) < 4.78 is 12.0. The van der Waals surface area contributed by atoms with Crippen molar-refractivity contribution in [2.24, 2.45) is 0 Å². The molecule has 0 spiro atoms. The third-order valence-electron chi connectivity index (χ3n) is 5.99. The Morgan fingerprint density at radius 3 is 2.50 bits per heavy atom. The maximum absolute atomic E-state index is 13.2. The Kier molecular flexibility index (Phi) is 6.54. The molecule has 0 aliphatic carbocycles. The second kappa shape index (κ2) is 9.44. The van der Waals surface area contributed by atoms with Crippen LogP contribution < -0.4 is 9.47 Å². The molecule has 0 atom stereocenters. The highest BCUT2D eigenvalue weighted by Crippen LogP contribution is 2.43. The van der Waals surface area contributed by atoms with Gasteiger partial charge in [-0.3, -0.25) is 9.69 Å². The fourth-order valence-electron chi connectivity index (χ4n) is 4.22. The van der Waals surface area contributed by atoms with Gasteiger partial charge in [-0.25, -0.2) is 0 Å². The minimum absolute atomic E-state index is 0.185. The van der Waals surface area contributed by atoms with Crippen molar-refractivity contribution in [3.05, 3.63) is 96.1 Å². The van der Waals surface area contributed by atoms with E-state index >= 15 is 0 Å². The number of ether oxygens (including phenoxy) is 2. The quantitative estimate of drug-likeness (QED) is 0.323. The third-order valence-corrected chi connectivity index (χ3v) is 7.24. The number of halogens is 4. The first-order valence-electron chi connectivity index (χ1n) is 10.7. The SMILES string of the molecule is Cc1c2c(cc3c1O/C(=C\c1c(Cl)cccc1Cl)C3=O)CN(CCc1ccc(Cl)cc1Cl)CO2. The minimum Gasteiger partial charge on any atom is -0.477 e. The molecule has 5 rings (SSSR count). The molecule has 0 radical (unpaired) electrons. The molecule has 0 saturated carbocycles. The largest absolute Gasteiger partial charge is 0.477 e. The topological polar surface area (TPSA) is 38.8 Å². The summed E-state index contributed by atoms with van der Waals surface area (Å²) in [5.74, 6) is 1.25. The van der Waals surface area contributed by atoms with Gasteiger partial charge in [0.05, 0.1) is 5.56 Å². The predicted octanol–water partition coefficient (Wildman–Crippen LogP) is 7.62. The smallest absolute Gasteiger partial charge is 0.231 e. The Balaban J connectivity index is 1.38. The number of Topliss-reactive ketones (excluding diaryl/α,β-unsaturated/α-hetero) is 1. The van der Waals surface area contributed by atoms with Crippen LogP contribution in [0.5, 0.6) is 11.5 Å². The van der Waals surface area contributed by atoms with E-state index in [-0.39, 0.29) is 11.5 Å². The van der Waals surface area contributed by atoms with Crippen LogP contribution in [0.2, 0.25) is 20.1 Å². The van der Waals surface area contributed by atoms with E-state index in [1.54, 1.807) is 30.3 Å². The van der Waals surface area contributed by atoms with Crippen LogP contribution in [0, 0.1) is 6.92 Å². The summed E-state index contributed by atoms with van der Waals surface area (Å²) >= 11 is 24.9. The van der Waals surface area contributed by atoms with Crippen LogP contribution in [0.4, 0.5) is 0 Å². The lowest BCUT2D eigenvalue weighted by Gasteiger charge is -2.30. The van der Waals surface area contributed by atoms with Gasteiger partial charge in [0.15, 0.2) is 5.76 Å². The molecule has 4 nitrogen and oxygen atoms in total. The second-order valence-electron chi connectivity index (χ2n) is 8.25. The Morgan fingerprint density at radius 2 is 1.76 bits per heavy atom. The lowest BCUT2D eigenvalue weighted by atomic mass is 10.00. The lowest BCUT2D eigenvalue weighted by Crippen LogP contribution is -2.34. The van der Waals surface area contributed by atoms with Crippen molar-refractivity contribution >= 4 is 58.3 Å². The molecule has 8 heteroatoms. The molecular formula is C26H19Cl4NO3. The van der Waals surface area contributed by atoms with Crippen molar-refractivity contribution in [2.45, 2.75) is 19.9 Å². The van der Waals surface area contributed by atoms with Crippen molar-refractivity contribution in [2.75, 3.05) is 13.3 Å². The van der Waals surface area contributed by atoms with Gasteiger partial charge >= 0.3 is 0 Å². The summed E-state index contributed by atoms with van der Waals surface area (Å²) in [5.41, 5.74) is 3.83. The lowest BCUT2D eigenvalue weighted by molar-refractivity contribution is 0.0954. The van der Waals surface area contributed by atoms with Gasteiger partial charge in [0.1, 0.15) is 18.2 Å². The van der Waals surface area contributed by atoms with Crippen LogP contribution in [-0.4, -0.2) is 24.0 Å². The number of carbonyl (C=O) groups excluding carboxylic acids is 1. The fourth-order valence-corrected chi connectivity index (χ4v) is 5.23. The predicted molar refractivity (Wildman–Crippen MR) is 137 cm³/mol. The summed E-state index contributed by atoms with van der Waals surface area (Å²) in [6.45, 7) is 3.73. The summed E-state index contributed by atoms with van der Waals surface area (Å²) in [7, 11) is 0. The van der Waals surface area contributed by atoms with Crippen molar-refractivity contribution in [1.29, 1.82) is 0 Å². The van der Waals surface area contributed by atoms with Gasteiger partial charge in [0.2, 0.25) is 5.78 Å². The van der Waals surface area contributed by atoms with Crippen molar-refractivity contribution in [3.63, 3.8) is 0 Å². The van der Waals surface area contributed by atoms with Gasteiger partial charge in [0.25, 0.3) is 0 Å². The zero-order valence-corrected chi connectivity index (χ0v) is 21.2. The molecule has 0 saturated heterocycles. The normalized spacial score (nSPS) is 16.3. The Morgan fingerprint density at radius 1 is 1.00 bits per heavy atom. The number of fused-ring (bicyclic) bond motifs is 2. The van der Waals surface area contributed by atoms with Gasteiger partial charge < -0.3 is 9.47 Å². The molecule has 2 aliphatic heterocycles. The van der Waals surface area contributed by atoms with Crippen molar-refractivity contribution < 1.29 is 14.3 Å². The number of hydrogen-bond acceptors (Lipinski definition) is 4. The molecule has 0 aromatic heterocycles. The average Bonchev–Trinajstić information content (AvgIpc) is 3.11. The Labute approximate surface area is 217 Å². The molecule has 0 amide bonds. The number of rotatable bonds is 4. The molecule has 3 aromatic carbocycles. The molecule has 0 unspecified atom stereocenters. The molecule has 0 N–H and O–H groups in total. The van der Waals surface area contributed by atoms with Crippen molar-refractivity contribution in [3.8, 4) is 11.5 Å². The number of nitrogens with zero attached hydrogens (tertiary/aromatic N) is 1. The standard InChI is InChI=1S/C26H19Cl4NO3/c1-14-25-16(12-31(13-33-25)8-7-15-5-6-17(27)10-22(15)30)9-19-24(32)23(34-26(14)19)11-18-20(28)3-2-4-21(18)29/h2-6,9-11H,7-8,12-13H2,1H3/b23-11-. The summed E-state index contributed by atoms with van der Waals surface area (Å²) in [6.07, 6.45) is 2.35. The molecule has 0 fully saturated rings. The number of carbonyl (C=O) groups is 1. The minimum atomic E-state index is -0.207. The maximum atomic E-state index is 13.2. The van der Waals surface area contributed by atoms with E-state index in [9.17, 15) is 4.79 Å². The van der Waals surface area contributed by atoms with Crippen LogP contribution >= 0.6 is 46.4 Å². The van der Waals surface area contributed by atoms with Gasteiger partial charge in [-0.15, -0.1) is 0 Å². The Bertz CT molecular complexity index is 1330. The first-order chi connectivity index (χ1) is 16.3. The van der Waals surface area contributed by atoms with E-state index in [0.717, 1.165) is 35.4 Å². The van der Waals surface area contributed by atoms with Gasteiger partial charge in [-0.05, 0) is 55.3 Å². The van der Waals surface area contributed by atoms with Crippen LogP contribution in [0.25, 0.3) is 6.08 Å². The molecule has 2 heterocycles. The first-order valence-corrected chi connectivity index (χ1v) is 12.2. The van der Waals surface area contributed by atoms with E-state index in [2.05, 4.69) is 4.90 Å². The van der Waals surface area contributed by atoms with Gasteiger partial charge in [0, 0.05) is 49.9 Å². The molecule has 3 aromatic rings. The summed E-state index contributed by atoms with van der Waals surface area (Å²) in [5, 5.41) is 2.16. The van der Waals surface area contributed by atoms with E-state index in [0.29, 0.717) is 50.2 Å². The molecule has 0 bridgehead atoms. The second-order valence-corrected chi connectivity index (χ2v) is 9.91. The highest BCUT2D eigenvalue weighted by molar-refractivity contribution is 6.37. The molecule has 34 heavy (non-hydrogen) atoms. The third kappa shape index (κ3) is 4.41. The van der Waals surface area contributed by atoms with Crippen LogP contribution in [0.1, 0.15) is 32.6 Å². The molecular weight excluding hydrogens is 516 g/mol. The van der Waals surface area contributed by atoms with Crippen molar-refractivity contribution in [1.82, 2.24) is 4.90 Å². The monoisotopic (exact) mass is 533 g/mol.